The topological polar surface area (TPSA) is 224 Å². The van der Waals surface area contributed by atoms with E-state index < -0.39 is 86.5 Å². The van der Waals surface area contributed by atoms with Gasteiger partial charge in [-0.1, -0.05) is 30.3 Å². The number of aliphatic hydroxyl groups excluding tert-OH is 7. The molecule has 13 nitrogen and oxygen atoms in total. The number of nitrogens with two attached hydrogens (primary N) is 1. The van der Waals surface area contributed by atoms with Crippen LogP contribution in [0.5, 0.6) is 0 Å². The smallest absolute Gasteiger partial charge is 0.237 e. The SMILES string of the molecule is N[C@@H](Cc1ccccc1)C(=O)N[C@@H]1[C@H](O)[C@@H](CO)OC(O[C@]2(CO)O[C@H](CO)[C@@H](O)[C@@H]2O)[C@@H]1O. The van der Waals surface area contributed by atoms with Crippen LogP contribution in [0.25, 0.3) is 0 Å². The number of ether oxygens (including phenoxy) is 3. The van der Waals surface area contributed by atoms with Gasteiger partial charge in [-0.2, -0.15) is 0 Å². The Morgan fingerprint density at radius 3 is 2.24 bits per heavy atom. The van der Waals surface area contributed by atoms with Crippen LogP contribution in [0.2, 0.25) is 0 Å². The van der Waals surface area contributed by atoms with E-state index in [9.17, 15) is 40.5 Å². The molecule has 0 aromatic heterocycles. The number of hydrogen-bond donors (Lipinski definition) is 9. The van der Waals surface area contributed by atoms with Crippen molar-refractivity contribution in [2.75, 3.05) is 19.8 Å². The van der Waals surface area contributed by atoms with Gasteiger partial charge in [0.1, 0.15) is 43.2 Å². The van der Waals surface area contributed by atoms with E-state index in [0.717, 1.165) is 5.56 Å². The van der Waals surface area contributed by atoms with Gasteiger partial charge in [-0.3, -0.25) is 4.79 Å². The Balaban J connectivity index is 1.74. The fourth-order valence-electron chi connectivity index (χ4n) is 4.05. The lowest BCUT2D eigenvalue weighted by molar-refractivity contribution is -0.375. The standard InChI is InChI=1S/C21H32N2O11/c22-11(6-10-4-2-1-3-5-10)19(31)23-14-15(27)12(7-24)32-20(17(14)29)34-21(9-26)18(30)16(28)13(8-25)33-21/h1-5,11-18,20,24-30H,6-9,22H2,(H,23,31)/t11-,12+,13+,14+,15+,16+,17+,18-,20?,21-/m0/s1. The van der Waals surface area contributed by atoms with Gasteiger partial charge in [-0.05, 0) is 12.0 Å². The summed E-state index contributed by atoms with van der Waals surface area (Å²) >= 11 is 0. The molecule has 2 saturated heterocycles. The highest BCUT2D eigenvalue weighted by atomic mass is 16.8. The number of aliphatic hydroxyl groups is 7. The molecule has 0 radical (unpaired) electrons. The summed E-state index contributed by atoms with van der Waals surface area (Å²) in [5.74, 6) is -2.99. The Morgan fingerprint density at radius 1 is 1.03 bits per heavy atom. The van der Waals surface area contributed by atoms with Crippen LogP contribution < -0.4 is 11.1 Å². The van der Waals surface area contributed by atoms with E-state index in [1.807, 2.05) is 6.07 Å². The van der Waals surface area contributed by atoms with Crippen molar-refractivity contribution in [3.05, 3.63) is 35.9 Å². The Kier molecular flexibility index (Phi) is 8.94. The fourth-order valence-corrected chi connectivity index (χ4v) is 4.05. The van der Waals surface area contributed by atoms with Crippen molar-refractivity contribution in [3.63, 3.8) is 0 Å². The Labute approximate surface area is 195 Å². The molecule has 0 aliphatic carbocycles. The molecule has 34 heavy (non-hydrogen) atoms. The monoisotopic (exact) mass is 488 g/mol. The van der Waals surface area contributed by atoms with E-state index in [1.165, 1.54) is 0 Å². The van der Waals surface area contributed by atoms with E-state index in [2.05, 4.69) is 5.32 Å². The van der Waals surface area contributed by atoms with Crippen molar-refractivity contribution in [2.45, 2.75) is 67.2 Å². The van der Waals surface area contributed by atoms with Crippen LogP contribution in [0.15, 0.2) is 30.3 Å². The van der Waals surface area contributed by atoms with Gasteiger partial charge in [0.2, 0.25) is 11.7 Å². The van der Waals surface area contributed by atoms with Crippen molar-refractivity contribution < 1.29 is 54.8 Å². The third kappa shape index (κ3) is 5.40. The fraction of sp³-hybridized carbons (Fsp3) is 0.667. The summed E-state index contributed by atoms with van der Waals surface area (Å²) in [6, 6.07) is 6.51. The summed E-state index contributed by atoms with van der Waals surface area (Å²) in [6.45, 7) is -2.43. The van der Waals surface area contributed by atoms with Gasteiger partial charge >= 0.3 is 0 Å². The largest absolute Gasteiger partial charge is 0.394 e. The maximum Gasteiger partial charge on any atom is 0.237 e. The van der Waals surface area contributed by atoms with Crippen molar-refractivity contribution in [3.8, 4) is 0 Å². The Morgan fingerprint density at radius 2 is 1.68 bits per heavy atom. The van der Waals surface area contributed by atoms with Gasteiger partial charge < -0.3 is 61.0 Å². The summed E-state index contributed by atoms with van der Waals surface area (Å²) in [7, 11) is 0. The molecule has 2 fully saturated rings. The number of carbonyl (C=O) groups is 1. The molecule has 192 valence electrons. The first kappa shape index (κ1) is 26.8. The maximum atomic E-state index is 12.7. The molecule has 1 aromatic rings. The lowest BCUT2D eigenvalue weighted by Crippen LogP contribution is -2.68. The van der Waals surface area contributed by atoms with Crippen molar-refractivity contribution >= 4 is 5.91 Å². The minimum Gasteiger partial charge on any atom is -0.394 e. The molecule has 0 spiro atoms. The molecule has 13 heteroatoms. The van der Waals surface area contributed by atoms with Gasteiger partial charge in [0, 0.05) is 0 Å². The number of benzene rings is 1. The summed E-state index contributed by atoms with van der Waals surface area (Å²) in [5.41, 5.74) is 6.77. The first-order chi connectivity index (χ1) is 16.2. The molecule has 1 unspecified atom stereocenters. The normalized spacial score (nSPS) is 39.1. The van der Waals surface area contributed by atoms with E-state index in [1.54, 1.807) is 24.3 Å². The quantitative estimate of drug-likeness (QED) is 0.160. The highest BCUT2D eigenvalue weighted by molar-refractivity contribution is 5.82. The van der Waals surface area contributed by atoms with Gasteiger partial charge in [0.15, 0.2) is 6.29 Å². The first-order valence-corrected chi connectivity index (χ1v) is 10.8. The van der Waals surface area contributed by atoms with Crippen molar-refractivity contribution in [1.29, 1.82) is 0 Å². The second kappa shape index (κ2) is 11.3. The molecular formula is C21H32N2O11. The minimum atomic E-state index is -2.29. The summed E-state index contributed by atoms with van der Waals surface area (Å²) in [5, 5.41) is 72.9. The first-order valence-electron chi connectivity index (χ1n) is 10.8. The summed E-state index contributed by atoms with van der Waals surface area (Å²) < 4.78 is 16.2. The van der Waals surface area contributed by atoms with Crippen LogP contribution in [0, 0.1) is 0 Å². The molecule has 2 aliphatic heterocycles. The highest BCUT2D eigenvalue weighted by Crippen LogP contribution is 2.36. The Bertz CT molecular complexity index is 802. The van der Waals surface area contributed by atoms with Crippen molar-refractivity contribution in [1.82, 2.24) is 5.32 Å². The number of rotatable bonds is 9. The molecule has 0 bridgehead atoms. The molecular weight excluding hydrogens is 456 g/mol. The predicted octanol–water partition coefficient (Wildman–Crippen LogP) is -4.70. The zero-order valence-electron chi connectivity index (χ0n) is 18.3. The molecule has 10 atom stereocenters. The van der Waals surface area contributed by atoms with Gasteiger partial charge in [0.25, 0.3) is 0 Å². The molecule has 10 N–H and O–H groups in total. The van der Waals surface area contributed by atoms with Crippen LogP contribution in [-0.4, -0.2) is 122 Å². The van der Waals surface area contributed by atoms with E-state index in [-0.39, 0.29) is 6.42 Å². The summed E-state index contributed by atoms with van der Waals surface area (Å²) in [6.07, 6.45) is -11.0. The lowest BCUT2D eigenvalue weighted by Gasteiger charge is -2.45. The summed E-state index contributed by atoms with van der Waals surface area (Å²) in [4.78, 5) is 12.7. The third-order valence-corrected chi connectivity index (χ3v) is 6.05. The predicted molar refractivity (Wildman–Crippen MR) is 113 cm³/mol. The van der Waals surface area contributed by atoms with Crippen LogP contribution in [-0.2, 0) is 25.4 Å². The van der Waals surface area contributed by atoms with Crippen LogP contribution >= 0.6 is 0 Å². The van der Waals surface area contributed by atoms with Gasteiger partial charge in [0.05, 0.1) is 25.3 Å². The molecule has 1 aromatic carbocycles. The van der Waals surface area contributed by atoms with Crippen molar-refractivity contribution in [2.24, 2.45) is 5.73 Å². The molecule has 3 rings (SSSR count). The van der Waals surface area contributed by atoms with Crippen LogP contribution in [0.3, 0.4) is 0 Å². The van der Waals surface area contributed by atoms with E-state index in [4.69, 9.17) is 19.9 Å². The molecule has 0 saturated carbocycles. The zero-order chi connectivity index (χ0) is 25.0. The number of nitrogens with one attached hydrogen (secondary N) is 1. The van der Waals surface area contributed by atoms with Gasteiger partial charge in [-0.25, -0.2) is 0 Å². The Hall–Kier alpha value is -1.75. The van der Waals surface area contributed by atoms with E-state index >= 15 is 0 Å². The van der Waals surface area contributed by atoms with Crippen LogP contribution in [0.4, 0.5) is 0 Å². The lowest BCUT2D eigenvalue weighted by atomic mass is 9.95. The average molecular weight is 488 g/mol. The maximum absolute atomic E-state index is 12.7. The third-order valence-electron chi connectivity index (χ3n) is 6.05. The van der Waals surface area contributed by atoms with E-state index in [0.29, 0.717) is 0 Å². The van der Waals surface area contributed by atoms with Gasteiger partial charge in [-0.15, -0.1) is 0 Å². The second-order valence-electron chi connectivity index (χ2n) is 8.40. The number of amides is 1. The minimum absolute atomic E-state index is 0.180. The second-order valence-corrected chi connectivity index (χ2v) is 8.40. The molecule has 2 aliphatic rings. The molecule has 2 heterocycles. The number of hydrogen-bond acceptors (Lipinski definition) is 12. The van der Waals surface area contributed by atoms with Crippen LogP contribution in [0.1, 0.15) is 5.56 Å². The highest BCUT2D eigenvalue weighted by Gasteiger charge is 2.58. The number of carbonyl (C=O) groups excluding carboxylic acids is 1. The zero-order valence-corrected chi connectivity index (χ0v) is 18.3. The average Bonchev–Trinajstić information content (AvgIpc) is 3.08. The molecule has 1 amide bonds.